The highest BCUT2D eigenvalue weighted by Gasteiger charge is 2.20. The lowest BCUT2D eigenvalue weighted by atomic mass is 10.0. The SMILES string of the molecule is CC(C)(C)OC(=O)NCN(Cc1ccccc1)C(=O)CC#CC(O)c1ccc(C(O)C#CCC(=O)N(CNC(=O)OC(C)(C)C)Cc2ccccc2)cc1. The van der Waals surface area contributed by atoms with Gasteiger partial charge in [-0.15, -0.1) is 0 Å². The molecule has 3 aromatic rings. The van der Waals surface area contributed by atoms with Gasteiger partial charge in [0.1, 0.15) is 23.4 Å². The molecule has 54 heavy (non-hydrogen) atoms. The quantitative estimate of drug-likeness (QED) is 0.139. The summed E-state index contributed by atoms with van der Waals surface area (Å²) in [7, 11) is 0. The van der Waals surface area contributed by atoms with Crippen LogP contribution < -0.4 is 10.6 Å². The van der Waals surface area contributed by atoms with Crippen molar-refractivity contribution in [3.63, 3.8) is 0 Å². The Bertz CT molecular complexity index is 1680. The van der Waals surface area contributed by atoms with Crippen LogP contribution in [0.3, 0.4) is 0 Å². The van der Waals surface area contributed by atoms with Crippen LogP contribution in [0.4, 0.5) is 9.59 Å². The smallest absolute Gasteiger partial charge is 0.409 e. The molecule has 2 unspecified atom stereocenters. The maximum Gasteiger partial charge on any atom is 0.409 e. The number of carbonyl (C=O) groups excluding carboxylic acids is 4. The van der Waals surface area contributed by atoms with Gasteiger partial charge in [0.05, 0.1) is 26.2 Å². The van der Waals surface area contributed by atoms with E-state index in [-0.39, 0.29) is 51.1 Å². The third kappa shape index (κ3) is 16.2. The Balaban J connectivity index is 1.58. The first-order valence-corrected chi connectivity index (χ1v) is 17.5. The molecule has 0 bridgehead atoms. The Morgan fingerprint density at radius 2 is 0.926 bits per heavy atom. The van der Waals surface area contributed by atoms with Gasteiger partial charge in [0.15, 0.2) is 0 Å². The van der Waals surface area contributed by atoms with Crippen molar-refractivity contribution in [1.29, 1.82) is 0 Å². The Labute approximate surface area is 317 Å². The predicted molar refractivity (Wildman–Crippen MR) is 204 cm³/mol. The van der Waals surface area contributed by atoms with Crippen LogP contribution in [0.25, 0.3) is 0 Å². The minimum Gasteiger partial charge on any atom is -0.444 e. The molecule has 0 saturated heterocycles. The summed E-state index contributed by atoms with van der Waals surface area (Å²) in [5.41, 5.74) is 1.22. The third-order valence-corrected chi connectivity index (χ3v) is 7.29. The second-order valence-corrected chi connectivity index (χ2v) is 14.3. The highest BCUT2D eigenvalue weighted by Crippen LogP contribution is 2.18. The van der Waals surface area contributed by atoms with Crippen LogP contribution in [0.1, 0.15) is 88.8 Å². The summed E-state index contributed by atoms with van der Waals surface area (Å²) in [5, 5.41) is 26.6. The van der Waals surface area contributed by atoms with E-state index in [1.54, 1.807) is 65.8 Å². The second kappa shape index (κ2) is 20.4. The van der Waals surface area contributed by atoms with Crippen molar-refractivity contribution >= 4 is 24.0 Å². The zero-order valence-electron chi connectivity index (χ0n) is 31.7. The second-order valence-electron chi connectivity index (χ2n) is 14.3. The summed E-state index contributed by atoms with van der Waals surface area (Å²) in [4.78, 5) is 53.5. The van der Waals surface area contributed by atoms with E-state index in [2.05, 4.69) is 34.3 Å². The van der Waals surface area contributed by atoms with Gasteiger partial charge in [-0.2, -0.15) is 0 Å². The fourth-order valence-corrected chi connectivity index (χ4v) is 4.72. The lowest BCUT2D eigenvalue weighted by Crippen LogP contribution is -2.42. The molecule has 2 atom stereocenters. The number of hydrogen-bond donors (Lipinski definition) is 4. The van der Waals surface area contributed by atoms with Crippen molar-refractivity contribution in [2.24, 2.45) is 0 Å². The minimum atomic E-state index is -1.21. The molecule has 3 rings (SSSR count). The maximum absolute atomic E-state index is 13.1. The zero-order chi connectivity index (χ0) is 39.7. The first-order chi connectivity index (χ1) is 25.5. The summed E-state index contributed by atoms with van der Waals surface area (Å²) in [6.07, 6.45) is -4.13. The number of benzene rings is 3. The molecule has 0 aliphatic heterocycles. The number of ether oxygens (including phenoxy) is 2. The molecule has 0 heterocycles. The molecule has 4 amide bonds. The van der Waals surface area contributed by atoms with E-state index in [0.717, 1.165) is 11.1 Å². The van der Waals surface area contributed by atoms with Gasteiger partial charge in [-0.25, -0.2) is 9.59 Å². The topological polar surface area (TPSA) is 158 Å². The molecule has 12 nitrogen and oxygen atoms in total. The van der Waals surface area contributed by atoms with E-state index < -0.39 is 35.6 Å². The zero-order valence-corrected chi connectivity index (χ0v) is 31.7. The highest BCUT2D eigenvalue weighted by atomic mass is 16.6. The highest BCUT2D eigenvalue weighted by molar-refractivity contribution is 5.80. The van der Waals surface area contributed by atoms with Gasteiger partial charge in [-0.3, -0.25) is 9.59 Å². The number of nitrogens with zero attached hydrogens (tertiary/aromatic N) is 2. The predicted octanol–water partition coefficient (Wildman–Crippen LogP) is 5.56. The number of aliphatic hydroxyl groups excluding tert-OH is 2. The Hall–Kier alpha value is -5.82. The summed E-state index contributed by atoms with van der Waals surface area (Å²) < 4.78 is 10.6. The standard InChI is InChI=1S/C42H50N4O8/c1-41(2,3)53-39(51)43-29-45(27-31-15-9-7-10-16-31)37(49)21-13-19-35(47)33-23-25-34(26-24-33)36(48)20-14-22-38(50)46(28-32-17-11-8-12-18-32)30-44-40(52)54-42(4,5)6/h7-12,15-18,23-26,35-36,47-48H,21-22,27-30H2,1-6H3,(H,43,51)(H,44,52). The van der Waals surface area contributed by atoms with Crippen molar-refractivity contribution in [3.05, 3.63) is 107 Å². The van der Waals surface area contributed by atoms with Crippen molar-refractivity contribution in [2.75, 3.05) is 13.3 Å². The van der Waals surface area contributed by atoms with Crippen molar-refractivity contribution in [3.8, 4) is 23.7 Å². The number of alkyl carbamates (subject to hydrolysis) is 2. The number of amides is 4. The molecule has 3 aromatic carbocycles. The van der Waals surface area contributed by atoms with Crippen LogP contribution in [0.2, 0.25) is 0 Å². The molecule has 0 saturated carbocycles. The van der Waals surface area contributed by atoms with Gasteiger partial charge in [0, 0.05) is 13.1 Å². The minimum absolute atomic E-state index is 0.0923. The summed E-state index contributed by atoms with van der Waals surface area (Å²) in [6, 6.07) is 24.9. The lowest BCUT2D eigenvalue weighted by Gasteiger charge is -2.24. The van der Waals surface area contributed by atoms with Gasteiger partial charge in [0.2, 0.25) is 11.8 Å². The average Bonchev–Trinajstić information content (AvgIpc) is 3.11. The first kappa shape index (κ1) is 42.6. The van der Waals surface area contributed by atoms with Crippen LogP contribution in [-0.4, -0.2) is 68.6 Å². The van der Waals surface area contributed by atoms with E-state index in [1.807, 2.05) is 60.7 Å². The van der Waals surface area contributed by atoms with Crippen LogP contribution in [-0.2, 0) is 32.2 Å². The summed E-state index contributed by atoms with van der Waals surface area (Å²) in [6.45, 7) is 10.8. The molecular weight excluding hydrogens is 688 g/mol. The van der Waals surface area contributed by atoms with E-state index >= 15 is 0 Å². The molecular formula is C42H50N4O8. The van der Waals surface area contributed by atoms with Gasteiger partial charge >= 0.3 is 12.2 Å². The van der Waals surface area contributed by atoms with Crippen LogP contribution in [0, 0.1) is 23.7 Å². The monoisotopic (exact) mass is 738 g/mol. The summed E-state index contributed by atoms with van der Waals surface area (Å²) >= 11 is 0. The average molecular weight is 739 g/mol. The van der Waals surface area contributed by atoms with Gasteiger partial charge < -0.3 is 40.1 Å². The van der Waals surface area contributed by atoms with Gasteiger partial charge in [-0.05, 0) is 63.8 Å². The lowest BCUT2D eigenvalue weighted by molar-refractivity contribution is -0.131. The van der Waals surface area contributed by atoms with E-state index in [0.29, 0.717) is 11.1 Å². The van der Waals surface area contributed by atoms with Crippen LogP contribution in [0.5, 0.6) is 0 Å². The molecule has 0 aliphatic carbocycles. The van der Waals surface area contributed by atoms with Crippen LogP contribution in [0.15, 0.2) is 84.9 Å². The maximum atomic E-state index is 13.1. The molecule has 12 heteroatoms. The Morgan fingerprint density at radius 3 is 1.24 bits per heavy atom. The first-order valence-electron chi connectivity index (χ1n) is 17.5. The van der Waals surface area contributed by atoms with Crippen LogP contribution >= 0.6 is 0 Å². The number of nitrogens with one attached hydrogen (secondary N) is 2. The number of rotatable bonds is 12. The molecule has 4 N–H and O–H groups in total. The molecule has 0 radical (unpaired) electrons. The Kier molecular flexibility index (Phi) is 16.1. The third-order valence-electron chi connectivity index (χ3n) is 7.29. The fourth-order valence-electron chi connectivity index (χ4n) is 4.72. The molecule has 286 valence electrons. The number of aliphatic hydroxyl groups is 2. The van der Waals surface area contributed by atoms with Crippen molar-refractivity contribution in [1.82, 2.24) is 20.4 Å². The normalized spacial score (nSPS) is 12.0. The summed E-state index contributed by atoms with van der Waals surface area (Å²) in [5.74, 6) is 10.1. The Morgan fingerprint density at radius 1 is 0.593 bits per heavy atom. The van der Waals surface area contributed by atoms with Crippen molar-refractivity contribution in [2.45, 2.75) is 90.9 Å². The molecule has 0 aromatic heterocycles. The molecule has 0 aliphatic rings. The van der Waals surface area contributed by atoms with Gasteiger partial charge in [-0.1, -0.05) is 109 Å². The van der Waals surface area contributed by atoms with Gasteiger partial charge in [0.25, 0.3) is 0 Å². The number of hydrogen-bond acceptors (Lipinski definition) is 8. The largest absolute Gasteiger partial charge is 0.444 e. The molecule has 0 fully saturated rings. The van der Waals surface area contributed by atoms with E-state index in [9.17, 15) is 29.4 Å². The van der Waals surface area contributed by atoms with E-state index in [4.69, 9.17) is 9.47 Å². The van der Waals surface area contributed by atoms with E-state index in [1.165, 1.54) is 9.80 Å². The molecule has 0 spiro atoms. The fraction of sp³-hybridized carbons (Fsp3) is 0.381. The van der Waals surface area contributed by atoms with Crippen molar-refractivity contribution < 1.29 is 38.9 Å². The number of carbonyl (C=O) groups is 4.